The van der Waals surface area contributed by atoms with Crippen LogP contribution in [0.3, 0.4) is 0 Å². The largest absolute Gasteiger partial charge is 0.573 e. The molecule has 1 aliphatic rings. The maximum atomic E-state index is 14.0. The van der Waals surface area contributed by atoms with Crippen LogP contribution >= 0.6 is 0 Å². The minimum absolute atomic E-state index is 0.0162. The Morgan fingerprint density at radius 2 is 1.72 bits per heavy atom. The van der Waals surface area contributed by atoms with E-state index >= 15 is 0 Å². The standard InChI is InChI=1S/C20H18F5NO3/c21-19(22)10-11-26(18(27)28-13-14-4-2-1-3-5-14)17(12-19)15-6-8-16(9-7-15)29-20(23,24)25/h1-9,17H,10-13H2/t17-/m1/s1. The van der Waals surface area contributed by atoms with E-state index in [4.69, 9.17) is 4.74 Å². The van der Waals surface area contributed by atoms with Crippen LogP contribution in [0.2, 0.25) is 0 Å². The molecule has 0 unspecified atom stereocenters. The smallest absolute Gasteiger partial charge is 0.445 e. The zero-order chi connectivity index (χ0) is 21.1. The van der Waals surface area contributed by atoms with Gasteiger partial charge >= 0.3 is 12.5 Å². The zero-order valence-corrected chi connectivity index (χ0v) is 15.2. The molecule has 0 aliphatic carbocycles. The van der Waals surface area contributed by atoms with Crippen LogP contribution < -0.4 is 4.74 Å². The number of rotatable bonds is 4. The normalized spacial score (nSPS) is 18.9. The van der Waals surface area contributed by atoms with Crippen molar-refractivity contribution in [2.45, 2.75) is 37.8 Å². The molecule has 1 atom stereocenters. The molecule has 1 fully saturated rings. The summed E-state index contributed by atoms with van der Waals surface area (Å²) in [4.78, 5) is 13.7. The summed E-state index contributed by atoms with van der Waals surface area (Å²) in [6.45, 7) is -0.246. The summed E-state index contributed by atoms with van der Waals surface area (Å²) in [6.07, 6.45) is -6.77. The number of benzene rings is 2. The van der Waals surface area contributed by atoms with E-state index in [0.717, 1.165) is 17.7 Å². The van der Waals surface area contributed by atoms with Gasteiger partial charge in [0.15, 0.2) is 0 Å². The van der Waals surface area contributed by atoms with Gasteiger partial charge in [-0.3, -0.25) is 0 Å². The molecule has 0 aromatic heterocycles. The van der Waals surface area contributed by atoms with Gasteiger partial charge in [0.05, 0.1) is 6.04 Å². The second-order valence-electron chi connectivity index (χ2n) is 6.68. The SMILES string of the molecule is O=C(OCc1ccccc1)N1CCC(F)(F)C[C@@H]1c1ccc(OC(F)(F)F)cc1. The van der Waals surface area contributed by atoms with E-state index < -0.39 is 43.0 Å². The Labute approximate surface area is 163 Å². The third-order valence-electron chi connectivity index (χ3n) is 4.52. The monoisotopic (exact) mass is 415 g/mol. The number of piperidine rings is 1. The Kier molecular flexibility index (Phi) is 5.95. The van der Waals surface area contributed by atoms with Gasteiger partial charge in [-0.2, -0.15) is 0 Å². The fourth-order valence-corrected chi connectivity index (χ4v) is 3.15. The number of hydrogen-bond donors (Lipinski definition) is 0. The summed E-state index contributed by atoms with van der Waals surface area (Å²) in [6, 6.07) is 12.4. The van der Waals surface area contributed by atoms with Crippen LogP contribution in [-0.2, 0) is 11.3 Å². The van der Waals surface area contributed by atoms with E-state index in [-0.39, 0.29) is 18.7 Å². The molecule has 1 aliphatic heterocycles. The van der Waals surface area contributed by atoms with Crippen molar-refractivity contribution >= 4 is 6.09 Å². The summed E-state index contributed by atoms with van der Waals surface area (Å²) in [5.41, 5.74) is 1.02. The van der Waals surface area contributed by atoms with Gasteiger partial charge in [-0.25, -0.2) is 13.6 Å². The highest BCUT2D eigenvalue weighted by Gasteiger charge is 2.43. The molecule has 0 saturated carbocycles. The molecular formula is C20H18F5NO3. The highest BCUT2D eigenvalue weighted by atomic mass is 19.4. The summed E-state index contributed by atoms with van der Waals surface area (Å²) in [7, 11) is 0. The van der Waals surface area contributed by atoms with Gasteiger partial charge in [0.25, 0.3) is 5.92 Å². The number of amides is 1. The third kappa shape index (κ3) is 5.82. The lowest BCUT2D eigenvalue weighted by molar-refractivity contribution is -0.274. The Morgan fingerprint density at radius 1 is 1.07 bits per heavy atom. The maximum Gasteiger partial charge on any atom is 0.573 e. The number of likely N-dealkylation sites (tertiary alicyclic amines) is 1. The lowest BCUT2D eigenvalue weighted by Crippen LogP contribution is -2.45. The number of nitrogens with zero attached hydrogens (tertiary/aromatic N) is 1. The molecular weight excluding hydrogens is 397 g/mol. The number of carbonyl (C=O) groups excluding carboxylic acids is 1. The first-order valence-corrected chi connectivity index (χ1v) is 8.84. The van der Waals surface area contributed by atoms with Crippen molar-refractivity contribution in [3.8, 4) is 5.75 Å². The lowest BCUT2D eigenvalue weighted by Gasteiger charge is -2.38. The quantitative estimate of drug-likeness (QED) is 0.602. The Balaban J connectivity index is 1.74. The molecule has 0 spiro atoms. The number of alkyl halides is 5. The molecule has 156 valence electrons. The first-order valence-electron chi connectivity index (χ1n) is 8.84. The molecule has 0 N–H and O–H groups in total. The summed E-state index contributed by atoms with van der Waals surface area (Å²) < 4.78 is 73.9. The van der Waals surface area contributed by atoms with Crippen LogP contribution in [0.15, 0.2) is 54.6 Å². The fourth-order valence-electron chi connectivity index (χ4n) is 3.15. The molecule has 2 aromatic carbocycles. The van der Waals surface area contributed by atoms with Gasteiger partial charge in [-0.1, -0.05) is 42.5 Å². The Morgan fingerprint density at radius 3 is 2.34 bits per heavy atom. The molecule has 1 heterocycles. The first kappa shape index (κ1) is 20.9. The second-order valence-corrected chi connectivity index (χ2v) is 6.68. The van der Waals surface area contributed by atoms with Gasteiger partial charge in [0.1, 0.15) is 12.4 Å². The first-order chi connectivity index (χ1) is 13.6. The highest BCUT2D eigenvalue weighted by Crippen LogP contribution is 2.40. The highest BCUT2D eigenvalue weighted by molar-refractivity contribution is 5.68. The Bertz CT molecular complexity index is 824. The minimum Gasteiger partial charge on any atom is -0.445 e. The van der Waals surface area contributed by atoms with Gasteiger partial charge in [-0.05, 0) is 23.3 Å². The van der Waals surface area contributed by atoms with Gasteiger partial charge in [-0.15, -0.1) is 13.2 Å². The van der Waals surface area contributed by atoms with E-state index in [1.54, 1.807) is 30.3 Å². The molecule has 1 saturated heterocycles. The summed E-state index contributed by atoms with van der Waals surface area (Å²) >= 11 is 0. The minimum atomic E-state index is -4.85. The van der Waals surface area contributed by atoms with Gasteiger partial charge < -0.3 is 14.4 Å². The molecule has 4 nitrogen and oxygen atoms in total. The van der Waals surface area contributed by atoms with Crippen LogP contribution in [0.25, 0.3) is 0 Å². The molecule has 29 heavy (non-hydrogen) atoms. The van der Waals surface area contributed by atoms with E-state index in [2.05, 4.69) is 4.74 Å². The van der Waals surface area contributed by atoms with Crippen molar-refractivity contribution in [1.29, 1.82) is 0 Å². The number of carbonyl (C=O) groups is 1. The Hall–Kier alpha value is -2.84. The van der Waals surface area contributed by atoms with E-state index in [1.165, 1.54) is 17.0 Å². The predicted molar refractivity (Wildman–Crippen MR) is 93.4 cm³/mol. The van der Waals surface area contributed by atoms with Crippen LogP contribution in [0.1, 0.15) is 30.0 Å². The van der Waals surface area contributed by atoms with Gasteiger partial charge in [0.2, 0.25) is 0 Å². The average molecular weight is 415 g/mol. The van der Waals surface area contributed by atoms with Crippen LogP contribution in [0, 0.1) is 0 Å². The molecule has 2 aromatic rings. The number of hydrogen-bond acceptors (Lipinski definition) is 3. The molecule has 1 amide bonds. The van der Waals surface area contributed by atoms with Crippen molar-refractivity contribution < 1.29 is 36.2 Å². The second kappa shape index (κ2) is 8.26. The van der Waals surface area contributed by atoms with E-state index in [1.807, 2.05) is 0 Å². The molecule has 0 radical (unpaired) electrons. The van der Waals surface area contributed by atoms with Crippen LogP contribution in [0.5, 0.6) is 5.75 Å². The van der Waals surface area contributed by atoms with Crippen LogP contribution in [-0.4, -0.2) is 29.8 Å². The van der Waals surface area contributed by atoms with Crippen molar-refractivity contribution in [1.82, 2.24) is 4.90 Å². The maximum absolute atomic E-state index is 14.0. The van der Waals surface area contributed by atoms with Crippen molar-refractivity contribution in [3.05, 3.63) is 65.7 Å². The molecule has 9 heteroatoms. The predicted octanol–water partition coefficient (Wildman–Crippen LogP) is 5.69. The number of ether oxygens (including phenoxy) is 2. The van der Waals surface area contributed by atoms with E-state index in [9.17, 15) is 26.7 Å². The fraction of sp³-hybridized carbons (Fsp3) is 0.350. The third-order valence-corrected chi connectivity index (χ3v) is 4.52. The van der Waals surface area contributed by atoms with Crippen molar-refractivity contribution in [3.63, 3.8) is 0 Å². The van der Waals surface area contributed by atoms with E-state index in [0.29, 0.717) is 0 Å². The topological polar surface area (TPSA) is 38.8 Å². The summed E-state index contributed by atoms with van der Waals surface area (Å²) in [5, 5.41) is 0. The summed E-state index contributed by atoms with van der Waals surface area (Å²) in [5.74, 6) is -3.47. The zero-order valence-electron chi connectivity index (χ0n) is 15.2. The van der Waals surface area contributed by atoms with Gasteiger partial charge in [0, 0.05) is 19.4 Å². The number of halogens is 5. The lowest BCUT2D eigenvalue weighted by atomic mass is 9.93. The molecule has 3 rings (SSSR count). The molecule has 0 bridgehead atoms. The van der Waals surface area contributed by atoms with Crippen molar-refractivity contribution in [2.75, 3.05) is 6.54 Å². The van der Waals surface area contributed by atoms with Crippen molar-refractivity contribution in [2.24, 2.45) is 0 Å². The van der Waals surface area contributed by atoms with Crippen LogP contribution in [0.4, 0.5) is 26.7 Å². The average Bonchev–Trinajstić information content (AvgIpc) is 2.65.